The Morgan fingerprint density at radius 1 is 1.11 bits per heavy atom. The van der Waals surface area contributed by atoms with E-state index >= 15 is 0 Å². The number of halogens is 1. The average Bonchev–Trinajstić information content (AvgIpc) is 2.36. The second kappa shape index (κ2) is 5.69. The normalized spacial score (nSPS) is 12.4. The van der Waals surface area contributed by atoms with Crippen molar-refractivity contribution in [3.8, 4) is 0 Å². The van der Waals surface area contributed by atoms with Crippen molar-refractivity contribution in [2.75, 3.05) is 6.54 Å². The Labute approximate surface area is 106 Å². The summed E-state index contributed by atoms with van der Waals surface area (Å²) in [5.41, 5.74) is 2.91. The molecular formula is C14H16FN3. The molecule has 0 aliphatic heterocycles. The minimum absolute atomic E-state index is 0.0781. The molecule has 0 aliphatic rings. The fourth-order valence-corrected chi connectivity index (χ4v) is 1.95. The zero-order valence-electron chi connectivity index (χ0n) is 10.5. The molecule has 0 radical (unpaired) electrons. The standard InChI is InChI=1S/C14H16FN3/c1-3-18-14(11-4-10(2)6-16-7-11)12-5-13(15)9-17-8-12/h4-9,14,18H,3H2,1-2H3. The van der Waals surface area contributed by atoms with E-state index < -0.39 is 0 Å². The topological polar surface area (TPSA) is 37.8 Å². The van der Waals surface area contributed by atoms with Gasteiger partial charge in [0.2, 0.25) is 0 Å². The van der Waals surface area contributed by atoms with Crippen LogP contribution in [0.3, 0.4) is 0 Å². The van der Waals surface area contributed by atoms with Gasteiger partial charge < -0.3 is 5.32 Å². The number of hydrogen-bond acceptors (Lipinski definition) is 3. The lowest BCUT2D eigenvalue weighted by Gasteiger charge is -2.18. The molecule has 0 amide bonds. The van der Waals surface area contributed by atoms with Gasteiger partial charge in [-0.25, -0.2) is 4.39 Å². The first-order valence-electron chi connectivity index (χ1n) is 5.96. The molecular weight excluding hydrogens is 229 g/mol. The van der Waals surface area contributed by atoms with E-state index in [-0.39, 0.29) is 11.9 Å². The average molecular weight is 245 g/mol. The molecule has 1 unspecified atom stereocenters. The molecule has 0 aromatic carbocycles. The molecule has 2 heterocycles. The van der Waals surface area contributed by atoms with Gasteiger partial charge in [-0.05, 0) is 36.2 Å². The van der Waals surface area contributed by atoms with E-state index in [0.29, 0.717) is 0 Å². The van der Waals surface area contributed by atoms with Crippen LogP contribution in [0, 0.1) is 12.7 Å². The first kappa shape index (κ1) is 12.6. The van der Waals surface area contributed by atoms with Crippen LogP contribution in [0.5, 0.6) is 0 Å². The quantitative estimate of drug-likeness (QED) is 0.899. The molecule has 2 rings (SSSR count). The number of hydrogen-bond donors (Lipinski definition) is 1. The minimum Gasteiger partial charge on any atom is -0.306 e. The highest BCUT2D eigenvalue weighted by molar-refractivity contribution is 5.30. The molecule has 0 saturated carbocycles. The van der Waals surface area contributed by atoms with E-state index in [1.165, 1.54) is 12.3 Å². The summed E-state index contributed by atoms with van der Waals surface area (Å²) in [6, 6.07) is 3.47. The fourth-order valence-electron chi connectivity index (χ4n) is 1.95. The molecule has 4 heteroatoms. The van der Waals surface area contributed by atoms with Crippen LogP contribution in [0.25, 0.3) is 0 Å². The van der Waals surface area contributed by atoms with Gasteiger partial charge in [0.25, 0.3) is 0 Å². The van der Waals surface area contributed by atoms with Crippen molar-refractivity contribution in [2.24, 2.45) is 0 Å². The summed E-state index contributed by atoms with van der Waals surface area (Å²) in [5.74, 6) is -0.323. The van der Waals surface area contributed by atoms with Gasteiger partial charge in [-0.1, -0.05) is 13.0 Å². The van der Waals surface area contributed by atoms with Crippen molar-refractivity contribution in [2.45, 2.75) is 19.9 Å². The number of nitrogens with one attached hydrogen (secondary N) is 1. The highest BCUT2D eigenvalue weighted by atomic mass is 19.1. The summed E-state index contributed by atoms with van der Waals surface area (Å²) >= 11 is 0. The van der Waals surface area contributed by atoms with Crippen LogP contribution >= 0.6 is 0 Å². The van der Waals surface area contributed by atoms with Crippen molar-refractivity contribution in [1.29, 1.82) is 0 Å². The smallest absolute Gasteiger partial charge is 0.141 e. The molecule has 94 valence electrons. The van der Waals surface area contributed by atoms with Crippen molar-refractivity contribution in [3.63, 3.8) is 0 Å². The van der Waals surface area contributed by atoms with Gasteiger partial charge in [0, 0.05) is 18.6 Å². The van der Waals surface area contributed by atoms with Crippen molar-refractivity contribution in [3.05, 3.63) is 59.4 Å². The lowest BCUT2D eigenvalue weighted by Crippen LogP contribution is -2.22. The van der Waals surface area contributed by atoms with Gasteiger partial charge >= 0.3 is 0 Å². The van der Waals surface area contributed by atoms with Crippen molar-refractivity contribution in [1.82, 2.24) is 15.3 Å². The summed E-state index contributed by atoms with van der Waals surface area (Å²) < 4.78 is 13.3. The van der Waals surface area contributed by atoms with E-state index in [9.17, 15) is 4.39 Å². The Morgan fingerprint density at radius 2 is 1.78 bits per heavy atom. The predicted molar refractivity (Wildman–Crippen MR) is 68.7 cm³/mol. The second-order valence-corrected chi connectivity index (χ2v) is 4.22. The molecule has 0 saturated heterocycles. The van der Waals surface area contributed by atoms with Gasteiger partial charge in [-0.3, -0.25) is 9.97 Å². The SMILES string of the molecule is CCNC(c1cncc(C)c1)c1cncc(F)c1. The molecule has 0 fully saturated rings. The fraction of sp³-hybridized carbons (Fsp3) is 0.286. The molecule has 1 atom stereocenters. The molecule has 18 heavy (non-hydrogen) atoms. The lowest BCUT2D eigenvalue weighted by atomic mass is 10.0. The van der Waals surface area contributed by atoms with Crippen molar-refractivity contribution < 1.29 is 4.39 Å². The second-order valence-electron chi connectivity index (χ2n) is 4.22. The van der Waals surface area contributed by atoms with Gasteiger partial charge in [0.05, 0.1) is 12.2 Å². The van der Waals surface area contributed by atoms with E-state index in [1.807, 2.05) is 19.9 Å². The molecule has 0 bridgehead atoms. The summed E-state index contributed by atoms with van der Waals surface area (Å²) in [6.45, 7) is 4.79. The molecule has 1 N–H and O–H groups in total. The molecule has 2 aromatic heterocycles. The number of nitrogens with zero attached hydrogens (tertiary/aromatic N) is 2. The number of rotatable bonds is 4. The molecule has 2 aromatic rings. The van der Waals surface area contributed by atoms with E-state index in [2.05, 4.69) is 15.3 Å². The maximum atomic E-state index is 13.3. The van der Waals surface area contributed by atoms with E-state index in [4.69, 9.17) is 0 Å². The lowest BCUT2D eigenvalue weighted by molar-refractivity contribution is 0.595. The zero-order chi connectivity index (χ0) is 13.0. The zero-order valence-corrected chi connectivity index (χ0v) is 10.5. The number of pyridine rings is 2. The first-order valence-corrected chi connectivity index (χ1v) is 5.96. The van der Waals surface area contributed by atoms with Crippen LogP contribution in [-0.2, 0) is 0 Å². The van der Waals surface area contributed by atoms with E-state index in [1.54, 1.807) is 18.6 Å². The maximum Gasteiger partial charge on any atom is 0.141 e. The van der Waals surface area contributed by atoms with Crippen LogP contribution < -0.4 is 5.32 Å². The van der Waals surface area contributed by atoms with Gasteiger partial charge in [-0.15, -0.1) is 0 Å². The third-order valence-electron chi connectivity index (χ3n) is 2.70. The predicted octanol–water partition coefficient (Wildman–Crippen LogP) is 2.62. The molecule has 0 aliphatic carbocycles. The third-order valence-corrected chi connectivity index (χ3v) is 2.70. The Morgan fingerprint density at radius 3 is 2.39 bits per heavy atom. The van der Waals surface area contributed by atoms with Crippen LogP contribution in [-0.4, -0.2) is 16.5 Å². The Kier molecular flexibility index (Phi) is 3.99. The van der Waals surface area contributed by atoms with Crippen LogP contribution in [0.2, 0.25) is 0 Å². The highest BCUT2D eigenvalue weighted by Crippen LogP contribution is 2.21. The van der Waals surface area contributed by atoms with Gasteiger partial charge in [-0.2, -0.15) is 0 Å². The largest absolute Gasteiger partial charge is 0.306 e. The third kappa shape index (κ3) is 2.90. The monoisotopic (exact) mass is 245 g/mol. The number of aromatic nitrogens is 2. The van der Waals surface area contributed by atoms with Gasteiger partial charge in [0.15, 0.2) is 0 Å². The summed E-state index contributed by atoms with van der Waals surface area (Å²) in [7, 11) is 0. The van der Waals surface area contributed by atoms with Gasteiger partial charge in [0.1, 0.15) is 5.82 Å². The van der Waals surface area contributed by atoms with Crippen LogP contribution in [0.4, 0.5) is 4.39 Å². The van der Waals surface area contributed by atoms with Crippen LogP contribution in [0.15, 0.2) is 36.9 Å². The van der Waals surface area contributed by atoms with Crippen LogP contribution in [0.1, 0.15) is 29.7 Å². The van der Waals surface area contributed by atoms with E-state index in [0.717, 1.165) is 23.2 Å². The summed E-state index contributed by atoms with van der Waals surface area (Å²) in [4.78, 5) is 8.08. The summed E-state index contributed by atoms with van der Waals surface area (Å²) in [6.07, 6.45) is 6.49. The first-order chi connectivity index (χ1) is 8.70. The number of aryl methyl sites for hydroxylation is 1. The van der Waals surface area contributed by atoms with Crippen molar-refractivity contribution >= 4 is 0 Å². The highest BCUT2D eigenvalue weighted by Gasteiger charge is 2.14. The Bertz CT molecular complexity index is 482. The Balaban J connectivity index is 2.39. The summed E-state index contributed by atoms with van der Waals surface area (Å²) in [5, 5.41) is 3.32. The molecule has 3 nitrogen and oxygen atoms in total. The maximum absolute atomic E-state index is 13.3. The molecule has 0 spiro atoms. The minimum atomic E-state index is -0.323. The Hall–Kier alpha value is -1.81.